The zero-order valence-electron chi connectivity index (χ0n) is 7.41. The minimum Gasteiger partial charge on any atom is -0.481 e. The Kier molecular flexibility index (Phi) is 1.49. The van der Waals surface area contributed by atoms with E-state index >= 15 is 0 Å². The van der Waals surface area contributed by atoms with E-state index < -0.39 is 11.4 Å². The van der Waals surface area contributed by atoms with Crippen molar-refractivity contribution in [3.63, 3.8) is 0 Å². The highest BCUT2D eigenvalue weighted by Crippen LogP contribution is 2.50. The summed E-state index contributed by atoms with van der Waals surface area (Å²) in [4.78, 5) is 11.0. The molecule has 1 aliphatic heterocycles. The van der Waals surface area contributed by atoms with E-state index in [0.717, 1.165) is 12.8 Å². The van der Waals surface area contributed by atoms with E-state index in [9.17, 15) is 4.79 Å². The average molecular weight is 170 g/mol. The van der Waals surface area contributed by atoms with Crippen molar-refractivity contribution >= 4 is 5.97 Å². The van der Waals surface area contributed by atoms with Gasteiger partial charge in [-0.2, -0.15) is 0 Å². The Balaban J connectivity index is 2.19. The van der Waals surface area contributed by atoms with Crippen LogP contribution in [0.15, 0.2) is 0 Å². The van der Waals surface area contributed by atoms with Crippen LogP contribution >= 0.6 is 0 Å². The third-order valence-electron chi connectivity index (χ3n) is 3.56. The Hall–Kier alpha value is -0.570. The van der Waals surface area contributed by atoms with Crippen molar-refractivity contribution in [2.24, 2.45) is 11.3 Å². The number of rotatable bonds is 1. The first-order valence-corrected chi connectivity index (χ1v) is 4.44. The molecule has 1 heterocycles. The molecule has 0 spiro atoms. The maximum atomic E-state index is 11.0. The van der Waals surface area contributed by atoms with Crippen LogP contribution in [0, 0.1) is 11.3 Å². The zero-order chi connectivity index (χ0) is 8.93. The third-order valence-corrected chi connectivity index (χ3v) is 3.56. The molecule has 3 heteroatoms. The Morgan fingerprint density at radius 2 is 2.33 bits per heavy atom. The predicted molar refractivity (Wildman–Crippen MR) is 42.8 cm³/mol. The largest absolute Gasteiger partial charge is 0.481 e. The first-order valence-electron chi connectivity index (χ1n) is 4.44. The Bertz CT molecular complexity index is 226. The molecule has 0 bridgehead atoms. The molecule has 0 amide bonds. The van der Waals surface area contributed by atoms with Gasteiger partial charge in [0, 0.05) is 5.92 Å². The maximum Gasteiger partial charge on any atom is 0.309 e. The first kappa shape index (κ1) is 8.05. The first-order chi connectivity index (χ1) is 5.55. The van der Waals surface area contributed by atoms with Gasteiger partial charge in [-0.25, -0.2) is 0 Å². The van der Waals surface area contributed by atoms with Gasteiger partial charge in [0.2, 0.25) is 0 Å². The lowest BCUT2D eigenvalue weighted by atomic mass is 9.68. The summed E-state index contributed by atoms with van der Waals surface area (Å²) in [5, 5.41) is 9.05. The van der Waals surface area contributed by atoms with E-state index in [4.69, 9.17) is 9.84 Å². The summed E-state index contributed by atoms with van der Waals surface area (Å²) in [7, 11) is 0. The van der Waals surface area contributed by atoms with E-state index in [1.54, 1.807) is 0 Å². The molecule has 2 rings (SSSR count). The van der Waals surface area contributed by atoms with Gasteiger partial charge in [0.25, 0.3) is 0 Å². The standard InChI is InChI=1S/C9H14O3/c1-5-7-6(12-7)3-4-9(5,2)8(10)11/h5-7H,3-4H2,1-2H3,(H,10,11). The molecule has 2 fully saturated rings. The predicted octanol–water partition coefficient (Wildman–Crippen LogP) is 1.27. The van der Waals surface area contributed by atoms with Crippen LogP contribution in [0.5, 0.6) is 0 Å². The fraction of sp³-hybridized carbons (Fsp3) is 0.889. The number of carbonyl (C=O) groups is 1. The molecule has 1 N–H and O–H groups in total. The number of hydrogen-bond acceptors (Lipinski definition) is 2. The molecule has 1 saturated heterocycles. The van der Waals surface area contributed by atoms with Crippen LogP contribution in [0.25, 0.3) is 0 Å². The van der Waals surface area contributed by atoms with Crippen LogP contribution in [0.3, 0.4) is 0 Å². The molecular formula is C9H14O3. The Morgan fingerprint density at radius 3 is 2.92 bits per heavy atom. The van der Waals surface area contributed by atoms with E-state index in [0.29, 0.717) is 6.10 Å². The van der Waals surface area contributed by atoms with Crippen molar-refractivity contribution in [2.45, 2.75) is 38.9 Å². The highest BCUT2D eigenvalue weighted by atomic mass is 16.6. The van der Waals surface area contributed by atoms with Crippen molar-refractivity contribution in [2.75, 3.05) is 0 Å². The van der Waals surface area contributed by atoms with Crippen LogP contribution in [-0.2, 0) is 9.53 Å². The summed E-state index contributed by atoms with van der Waals surface area (Å²) in [6.07, 6.45) is 2.26. The second-order valence-corrected chi connectivity index (χ2v) is 4.19. The van der Waals surface area contributed by atoms with Gasteiger partial charge in [-0.1, -0.05) is 6.92 Å². The van der Waals surface area contributed by atoms with Crippen LogP contribution in [0.2, 0.25) is 0 Å². The molecule has 2 aliphatic rings. The van der Waals surface area contributed by atoms with Crippen molar-refractivity contribution in [3.05, 3.63) is 0 Å². The quantitative estimate of drug-likeness (QED) is 0.603. The van der Waals surface area contributed by atoms with Gasteiger partial charge in [0.1, 0.15) is 0 Å². The van der Waals surface area contributed by atoms with Gasteiger partial charge in [-0.3, -0.25) is 4.79 Å². The number of aliphatic carboxylic acids is 1. The summed E-state index contributed by atoms with van der Waals surface area (Å²) in [5.41, 5.74) is -0.558. The molecular weight excluding hydrogens is 156 g/mol. The fourth-order valence-corrected chi connectivity index (χ4v) is 2.16. The van der Waals surface area contributed by atoms with Crippen molar-refractivity contribution in [1.29, 1.82) is 0 Å². The van der Waals surface area contributed by atoms with Gasteiger partial charge in [0.15, 0.2) is 0 Å². The molecule has 4 unspecified atom stereocenters. The van der Waals surface area contributed by atoms with Gasteiger partial charge in [0.05, 0.1) is 17.6 Å². The summed E-state index contributed by atoms with van der Waals surface area (Å²) in [6.45, 7) is 3.82. The van der Waals surface area contributed by atoms with Gasteiger partial charge >= 0.3 is 5.97 Å². The molecule has 0 radical (unpaired) electrons. The third kappa shape index (κ3) is 0.891. The monoisotopic (exact) mass is 170 g/mol. The van der Waals surface area contributed by atoms with Crippen LogP contribution in [-0.4, -0.2) is 23.3 Å². The van der Waals surface area contributed by atoms with E-state index in [1.165, 1.54) is 0 Å². The van der Waals surface area contributed by atoms with Crippen molar-refractivity contribution in [3.8, 4) is 0 Å². The number of carboxylic acid groups (broad SMARTS) is 1. The summed E-state index contributed by atoms with van der Waals surface area (Å²) >= 11 is 0. The summed E-state index contributed by atoms with van der Waals surface area (Å²) in [6, 6.07) is 0. The number of ether oxygens (including phenoxy) is 1. The summed E-state index contributed by atoms with van der Waals surface area (Å²) < 4.78 is 5.37. The average Bonchev–Trinajstić information content (AvgIpc) is 2.76. The van der Waals surface area contributed by atoms with Crippen molar-refractivity contribution in [1.82, 2.24) is 0 Å². The van der Waals surface area contributed by atoms with Gasteiger partial charge in [-0.05, 0) is 19.8 Å². The van der Waals surface area contributed by atoms with E-state index in [1.807, 2.05) is 13.8 Å². The molecule has 1 aliphatic carbocycles. The Labute approximate surface area is 71.7 Å². The second-order valence-electron chi connectivity index (χ2n) is 4.19. The van der Waals surface area contributed by atoms with Crippen LogP contribution < -0.4 is 0 Å². The van der Waals surface area contributed by atoms with Gasteiger partial charge < -0.3 is 9.84 Å². The smallest absolute Gasteiger partial charge is 0.309 e. The number of epoxide rings is 1. The minimum atomic E-state index is -0.677. The van der Waals surface area contributed by atoms with Gasteiger partial charge in [-0.15, -0.1) is 0 Å². The number of hydrogen-bond donors (Lipinski definition) is 1. The molecule has 4 atom stereocenters. The van der Waals surface area contributed by atoms with E-state index in [2.05, 4.69) is 0 Å². The van der Waals surface area contributed by atoms with Crippen molar-refractivity contribution < 1.29 is 14.6 Å². The fourth-order valence-electron chi connectivity index (χ4n) is 2.16. The maximum absolute atomic E-state index is 11.0. The lowest BCUT2D eigenvalue weighted by Crippen LogP contribution is -2.40. The zero-order valence-corrected chi connectivity index (χ0v) is 7.41. The molecule has 68 valence electrons. The molecule has 3 nitrogen and oxygen atoms in total. The molecule has 12 heavy (non-hydrogen) atoms. The normalized spacial score (nSPS) is 51.3. The lowest BCUT2D eigenvalue weighted by molar-refractivity contribution is -0.152. The molecule has 0 aromatic carbocycles. The number of fused-ring (bicyclic) bond motifs is 1. The Morgan fingerprint density at radius 1 is 1.67 bits per heavy atom. The highest BCUT2D eigenvalue weighted by molar-refractivity contribution is 5.75. The molecule has 0 aromatic heterocycles. The van der Waals surface area contributed by atoms with E-state index in [-0.39, 0.29) is 12.0 Å². The SMILES string of the molecule is CC1C2OC2CCC1(C)C(=O)O. The second kappa shape index (κ2) is 2.22. The number of carboxylic acids is 1. The topological polar surface area (TPSA) is 49.8 Å². The lowest BCUT2D eigenvalue weighted by Gasteiger charge is -2.33. The van der Waals surface area contributed by atoms with Crippen LogP contribution in [0.1, 0.15) is 26.7 Å². The molecule has 0 aromatic rings. The van der Waals surface area contributed by atoms with Crippen LogP contribution in [0.4, 0.5) is 0 Å². The summed E-state index contributed by atoms with van der Waals surface area (Å²) in [5.74, 6) is -0.516. The highest BCUT2D eigenvalue weighted by Gasteiger charge is 2.57. The molecule has 1 saturated carbocycles. The minimum absolute atomic E-state index is 0.161.